The highest BCUT2D eigenvalue weighted by molar-refractivity contribution is 7.47. The van der Waals surface area contributed by atoms with Gasteiger partial charge in [0.1, 0.15) is 19.3 Å². The topological polar surface area (TPSA) is 237 Å². The van der Waals surface area contributed by atoms with Crippen LogP contribution in [-0.2, 0) is 65.4 Å². The highest BCUT2D eigenvalue weighted by atomic mass is 31.2. The third-order valence-corrected chi connectivity index (χ3v) is 23.6. The van der Waals surface area contributed by atoms with Gasteiger partial charge in [0.05, 0.1) is 26.4 Å². The first-order valence-corrected chi connectivity index (χ1v) is 48.5. The van der Waals surface area contributed by atoms with Gasteiger partial charge in [-0.3, -0.25) is 37.3 Å². The predicted octanol–water partition coefficient (Wildman–Crippen LogP) is 26.9. The number of hydrogen-bond acceptors (Lipinski definition) is 15. The van der Waals surface area contributed by atoms with Crippen molar-refractivity contribution in [1.82, 2.24) is 0 Å². The first-order valence-electron chi connectivity index (χ1n) is 45.5. The Bertz CT molecular complexity index is 2070. The number of aliphatic hydroxyl groups is 1. The van der Waals surface area contributed by atoms with Crippen LogP contribution >= 0.6 is 15.6 Å². The lowest BCUT2D eigenvalue weighted by Gasteiger charge is -2.21. The summed E-state index contributed by atoms with van der Waals surface area (Å²) in [6, 6.07) is 0. The van der Waals surface area contributed by atoms with Crippen LogP contribution in [0.3, 0.4) is 0 Å². The lowest BCUT2D eigenvalue weighted by atomic mass is 9.99. The summed E-state index contributed by atoms with van der Waals surface area (Å²) in [7, 11) is -9.93. The van der Waals surface area contributed by atoms with Crippen molar-refractivity contribution in [2.75, 3.05) is 39.6 Å². The molecule has 19 heteroatoms. The van der Waals surface area contributed by atoms with Crippen molar-refractivity contribution in [2.45, 2.75) is 484 Å². The van der Waals surface area contributed by atoms with Gasteiger partial charge < -0.3 is 33.8 Å². The maximum atomic E-state index is 13.2. The molecule has 5 unspecified atom stereocenters. The molecular formula is C88H172O17P2. The van der Waals surface area contributed by atoms with E-state index in [9.17, 15) is 43.2 Å². The minimum Gasteiger partial charge on any atom is -0.462 e. The largest absolute Gasteiger partial charge is 0.472 e. The van der Waals surface area contributed by atoms with Gasteiger partial charge in [-0.05, 0) is 43.4 Å². The summed E-state index contributed by atoms with van der Waals surface area (Å²) in [5.41, 5.74) is 0. The first-order chi connectivity index (χ1) is 51.8. The Labute approximate surface area is 658 Å². The second kappa shape index (κ2) is 78.0. The van der Waals surface area contributed by atoms with Crippen LogP contribution in [0.5, 0.6) is 0 Å². The molecule has 0 aliphatic carbocycles. The summed E-state index contributed by atoms with van der Waals surface area (Å²) >= 11 is 0. The fraction of sp³-hybridized carbons (Fsp3) is 0.955. The number of phosphoric acid groups is 2. The molecule has 0 amide bonds. The Balaban J connectivity index is 5.25. The highest BCUT2D eigenvalue weighted by Crippen LogP contribution is 2.45. The fourth-order valence-electron chi connectivity index (χ4n) is 13.6. The number of esters is 4. The van der Waals surface area contributed by atoms with Crippen LogP contribution in [0.1, 0.15) is 466 Å². The lowest BCUT2D eigenvalue weighted by molar-refractivity contribution is -0.161. The van der Waals surface area contributed by atoms with Crippen LogP contribution in [-0.4, -0.2) is 96.7 Å². The van der Waals surface area contributed by atoms with Gasteiger partial charge >= 0.3 is 39.5 Å². The van der Waals surface area contributed by atoms with Gasteiger partial charge in [0, 0.05) is 25.7 Å². The number of carbonyl (C=O) groups excluding carboxylic acids is 4. The van der Waals surface area contributed by atoms with Gasteiger partial charge in [-0.1, -0.05) is 414 Å². The molecule has 0 heterocycles. The molecule has 0 aromatic heterocycles. The number of carbonyl (C=O) groups is 4. The first kappa shape index (κ1) is 105. The van der Waals surface area contributed by atoms with E-state index < -0.39 is 97.5 Å². The van der Waals surface area contributed by atoms with Crippen molar-refractivity contribution >= 4 is 39.5 Å². The van der Waals surface area contributed by atoms with Crippen LogP contribution in [0.25, 0.3) is 0 Å². The zero-order valence-electron chi connectivity index (χ0n) is 70.6. The second-order valence-electron chi connectivity index (χ2n) is 32.4. The SMILES string of the molecule is CCCCCCCCCCCCCCCCCC(=O)O[C@H](COC(=O)CCCCCCCCCCC(C)CC)COP(=O)(O)OC[C@H](O)COP(=O)(O)OC[C@@H](COC(=O)CCCCCCCCCCCCCCCCC(C)CC)OC(=O)CCCCCCCCCCCCCCCCCCCCC(C)CC. The Morgan fingerprint density at radius 3 is 0.664 bits per heavy atom. The Morgan fingerprint density at radius 2 is 0.449 bits per heavy atom. The van der Waals surface area contributed by atoms with Gasteiger partial charge in [0.25, 0.3) is 0 Å². The number of ether oxygens (including phenoxy) is 4. The van der Waals surface area contributed by atoms with Crippen LogP contribution in [0.4, 0.5) is 0 Å². The molecule has 17 nitrogen and oxygen atoms in total. The summed E-state index contributed by atoms with van der Waals surface area (Å²) in [5, 5.41) is 10.7. The van der Waals surface area contributed by atoms with E-state index in [0.717, 1.165) is 108 Å². The fourth-order valence-corrected chi connectivity index (χ4v) is 15.2. The van der Waals surface area contributed by atoms with E-state index in [2.05, 4.69) is 48.5 Å². The smallest absolute Gasteiger partial charge is 0.462 e. The second-order valence-corrected chi connectivity index (χ2v) is 35.3. The quantitative estimate of drug-likeness (QED) is 0.0222. The van der Waals surface area contributed by atoms with E-state index in [1.165, 1.54) is 276 Å². The van der Waals surface area contributed by atoms with Crippen molar-refractivity contribution < 1.29 is 80.2 Å². The molecule has 0 aliphatic rings. The summed E-state index contributed by atoms with van der Waals surface area (Å²) in [5.74, 6) is 0.398. The van der Waals surface area contributed by atoms with Gasteiger partial charge in [0.2, 0.25) is 0 Å². The highest BCUT2D eigenvalue weighted by Gasteiger charge is 2.31. The minimum atomic E-state index is -4.97. The number of unbranched alkanes of at least 4 members (excludes halogenated alkanes) is 51. The van der Waals surface area contributed by atoms with Crippen LogP contribution in [0.15, 0.2) is 0 Å². The number of aliphatic hydroxyl groups excluding tert-OH is 1. The zero-order valence-corrected chi connectivity index (χ0v) is 72.4. The Kier molecular flexibility index (Phi) is 76.6. The molecule has 0 aromatic rings. The Morgan fingerprint density at radius 1 is 0.262 bits per heavy atom. The van der Waals surface area contributed by atoms with Crippen LogP contribution < -0.4 is 0 Å². The van der Waals surface area contributed by atoms with E-state index in [1.54, 1.807) is 0 Å². The molecule has 0 rings (SSSR count). The van der Waals surface area contributed by atoms with Crippen molar-refractivity contribution in [3.05, 3.63) is 0 Å². The molecule has 0 fully saturated rings. The summed E-state index contributed by atoms with van der Waals surface area (Å²) in [6.07, 6.45) is 69.2. The molecular weight excluding hydrogens is 1390 g/mol. The minimum absolute atomic E-state index is 0.108. The summed E-state index contributed by atoms with van der Waals surface area (Å²) in [4.78, 5) is 73.3. The lowest BCUT2D eigenvalue weighted by Crippen LogP contribution is -2.30. The van der Waals surface area contributed by atoms with Crippen molar-refractivity contribution in [2.24, 2.45) is 17.8 Å². The van der Waals surface area contributed by atoms with Gasteiger partial charge in [-0.2, -0.15) is 0 Å². The monoisotopic (exact) mass is 1560 g/mol. The maximum absolute atomic E-state index is 13.2. The molecule has 636 valence electrons. The summed E-state index contributed by atoms with van der Waals surface area (Å²) in [6.45, 7) is 12.1. The van der Waals surface area contributed by atoms with E-state index >= 15 is 0 Å². The van der Waals surface area contributed by atoms with Crippen LogP contribution in [0.2, 0.25) is 0 Å². The van der Waals surface area contributed by atoms with E-state index in [-0.39, 0.29) is 25.7 Å². The third-order valence-electron chi connectivity index (χ3n) is 21.7. The number of phosphoric ester groups is 2. The standard InChI is InChI=1S/C88H172O17P2/c1-8-12-13-14-15-16-17-18-23-31-36-41-50-57-64-71-88(93)105-84(76-99-86(91)70-63-56-49-44-43-47-54-61-68-81(7)11-4)78-103-107(96,97)101-74-82(89)73-100-106(94,95)102-77-83(75-98-85(90)69-62-55-48-40-35-30-27-26-29-34-39-46-53-60-67-80(6)10-3)104-87(92)72-65-58-51-42-37-32-25-22-20-19-21-24-28-33-38-45-52-59-66-79(5)9-2/h79-84,89H,8-78H2,1-7H3,(H,94,95)(H,96,97)/t79?,80?,81?,82-,83-,84-/m1/s1. The molecule has 0 saturated heterocycles. The average molecular weight is 1560 g/mol. The van der Waals surface area contributed by atoms with Gasteiger partial charge in [0.15, 0.2) is 12.2 Å². The molecule has 3 N–H and O–H groups in total. The Hall–Kier alpha value is -1.94. The van der Waals surface area contributed by atoms with Crippen molar-refractivity contribution in [3.63, 3.8) is 0 Å². The van der Waals surface area contributed by atoms with Crippen molar-refractivity contribution in [1.29, 1.82) is 0 Å². The number of rotatable bonds is 86. The molecule has 0 bridgehead atoms. The molecule has 8 atom stereocenters. The molecule has 0 radical (unpaired) electrons. The van der Waals surface area contributed by atoms with Crippen molar-refractivity contribution in [3.8, 4) is 0 Å². The summed E-state index contributed by atoms with van der Waals surface area (Å²) < 4.78 is 69.0. The molecule has 0 aromatic carbocycles. The number of hydrogen-bond donors (Lipinski definition) is 3. The maximum Gasteiger partial charge on any atom is 0.472 e. The molecule has 0 spiro atoms. The average Bonchev–Trinajstić information content (AvgIpc) is 0.899. The molecule has 0 aliphatic heterocycles. The van der Waals surface area contributed by atoms with Gasteiger partial charge in [-0.15, -0.1) is 0 Å². The normalized spacial score (nSPS) is 14.6. The predicted molar refractivity (Wildman–Crippen MR) is 441 cm³/mol. The third kappa shape index (κ3) is 77.8. The zero-order chi connectivity index (χ0) is 78.6. The van der Waals surface area contributed by atoms with Crippen LogP contribution in [0, 0.1) is 17.8 Å². The van der Waals surface area contributed by atoms with E-state index in [1.807, 2.05) is 0 Å². The van der Waals surface area contributed by atoms with E-state index in [4.69, 9.17) is 37.0 Å². The molecule has 0 saturated carbocycles. The van der Waals surface area contributed by atoms with Gasteiger partial charge in [-0.25, -0.2) is 9.13 Å². The molecule has 107 heavy (non-hydrogen) atoms. The van der Waals surface area contributed by atoms with E-state index in [0.29, 0.717) is 25.7 Å².